The molecule has 0 radical (unpaired) electrons. The minimum absolute atomic E-state index is 0.0757. The number of rotatable bonds is 5. The first-order valence-electron chi connectivity index (χ1n) is 5.59. The number of H-pyrrole nitrogens is 1. The number of hydrogen-bond acceptors (Lipinski definition) is 3. The van der Waals surface area contributed by atoms with Crippen LogP contribution in [0.4, 0.5) is 0 Å². The van der Waals surface area contributed by atoms with E-state index in [9.17, 15) is 4.79 Å². The Morgan fingerprint density at radius 3 is 2.78 bits per heavy atom. The van der Waals surface area contributed by atoms with E-state index in [-0.39, 0.29) is 6.42 Å². The number of nitrogens with zero attached hydrogens (tertiary/aromatic N) is 1. The molecule has 0 amide bonds. The molecule has 0 aliphatic carbocycles. The van der Waals surface area contributed by atoms with Gasteiger partial charge in [0.2, 0.25) is 0 Å². The van der Waals surface area contributed by atoms with Crippen LogP contribution in [0.25, 0.3) is 0 Å². The number of nitrogens with one attached hydrogen (secondary N) is 1. The van der Waals surface area contributed by atoms with Crippen molar-refractivity contribution in [1.82, 2.24) is 9.97 Å². The van der Waals surface area contributed by atoms with E-state index < -0.39 is 5.97 Å². The highest BCUT2D eigenvalue weighted by molar-refractivity contribution is 5.69. The maximum absolute atomic E-state index is 10.6. The van der Waals surface area contributed by atoms with Crippen LogP contribution in [0.2, 0.25) is 0 Å². The molecule has 0 bridgehead atoms. The highest BCUT2D eigenvalue weighted by atomic mass is 16.5. The van der Waals surface area contributed by atoms with Crippen molar-refractivity contribution < 1.29 is 14.6 Å². The molecule has 0 unspecified atom stereocenters. The summed E-state index contributed by atoms with van der Waals surface area (Å²) in [7, 11) is 0. The molecule has 2 N–H and O–H groups in total. The van der Waals surface area contributed by atoms with Crippen molar-refractivity contribution in [1.29, 1.82) is 0 Å². The van der Waals surface area contributed by atoms with Gasteiger partial charge in [-0.15, -0.1) is 0 Å². The van der Waals surface area contributed by atoms with Gasteiger partial charge in [0, 0.05) is 5.69 Å². The molecule has 0 saturated carbocycles. The summed E-state index contributed by atoms with van der Waals surface area (Å²) in [6.45, 7) is 2.10. The van der Waals surface area contributed by atoms with Crippen LogP contribution >= 0.6 is 0 Å². The van der Waals surface area contributed by atoms with Crippen molar-refractivity contribution in [3.8, 4) is 5.75 Å². The Morgan fingerprint density at radius 1 is 1.39 bits per heavy atom. The number of aryl methyl sites for hydroxylation is 1. The Kier molecular flexibility index (Phi) is 3.62. The normalized spacial score (nSPS) is 10.3. The Balaban J connectivity index is 2.00. The lowest BCUT2D eigenvalue weighted by Crippen LogP contribution is -2.02. The topological polar surface area (TPSA) is 75.2 Å². The fourth-order valence-corrected chi connectivity index (χ4v) is 1.62. The Bertz CT molecular complexity index is 534. The van der Waals surface area contributed by atoms with Gasteiger partial charge in [-0.25, -0.2) is 4.98 Å². The summed E-state index contributed by atoms with van der Waals surface area (Å²) in [5.74, 6) is 0.499. The molecule has 1 aromatic heterocycles. The fraction of sp³-hybridized carbons (Fsp3) is 0.231. The van der Waals surface area contributed by atoms with Crippen LogP contribution in [0.5, 0.6) is 5.75 Å². The van der Waals surface area contributed by atoms with Crippen LogP contribution < -0.4 is 4.74 Å². The van der Waals surface area contributed by atoms with E-state index in [1.165, 1.54) is 0 Å². The number of ether oxygens (including phenoxy) is 1. The van der Waals surface area contributed by atoms with Crippen LogP contribution in [0.15, 0.2) is 30.3 Å². The lowest BCUT2D eigenvalue weighted by atomic mass is 10.3. The Morgan fingerprint density at radius 2 is 2.11 bits per heavy atom. The minimum Gasteiger partial charge on any atom is -0.486 e. The van der Waals surface area contributed by atoms with Gasteiger partial charge in [-0.2, -0.15) is 0 Å². The van der Waals surface area contributed by atoms with Gasteiger partial charge in [-0.1, -0.05) is 18.2 Å². The van der Waals surface area contributed by atoms with E-state index in [1.54, 1.807) is 6.92 Å². The molecule has 0 fully saturated rings. The van der Waals surface area contributed by atoms with Crippen molar-refractivity contribution in [3.63, 3.8) is 0 Å². The fourth-order valence-electron chi connectivity index (χ4n) is 1.62. The van der Waals surface area contributed by atoms with Gasteiger partial charge in [0.05, 0.1) is 12.1 Å². The molecule has 0 spiro atoms. The van der Waals surface area contributed by atoms with E-state index in [1.807, 2.05) is 30.3 Å². The summed E-state index contributed by atoms with van der Waals surface area (Å²) in [6.07, 6.45) is -0.0757. The Labute approximate surface area is 104 Å². The molecule has 1 aromatic carbocycles. The minimum atomic E-state index is -0.889. The largest absolute Gasteiger partial charge is 0.486 e. The SMILES string of the molecule is Cc1[nH]c(COc2ccccc2)nc1CC(=O)O. The maximum atomic E-state index is 10.6. The molecule has 0 aliphatic rings. The molecule has 0 saturated heterocycles. The summed E-state index contributed by atoms with van der Waals surface area (Å²) in [5, 5.41) is 8.72. The first kappa shape index (κ1) is 12.2. The molecule has 94 valence electrons. The summed E-state index contributed by atoms with van der Waals surface area (Å²) >= 11 is 0. The van der Waals surface area contributed by atoms with Crippen LogP contribution in [0, 0.1) is 6.92 Å². The quantitative estimate of drug-likeness (QED) is 0.845. The smallest absolute Gasteiger partial charge is 0.309 e. The van der Waals surface area contributed by atoms with Gasteiger partial charge in [-0.3, -0.25) is 4.79 Å². The van der Waals surface area contributed by atoms with Crippen molar-refractivity contribution in [2.24, 2.45) is 0 Å². The first-order valence-corrected chi connectivity index (χ1v) is 5.59. The van der Waals surface area contributed by atoms with Crippen LogP contribution in [-0.4, -0.2) is 21.0 Å². The number of carboxylic acid groups (broad SMARTS) is 1. The second kappa shape index (κ2) is 5.35. The third kappa shape index (κ3) is 3.10. The van der Waals surface area contributed by atoms with E-state index in [0.717, 1.165) is 11.4 Å². The summed E-state index contributed by atoms with van der Waals surface area (Å²) in [5.41, 5.74) is 1.32. The summed E-state index contributed by atoms with van der Waals surface area (Å²) in [4.78, 5) is 17.8. The van der Waals surface area contributed by atoms with E-state index in [0.29, 0.717) is 18.1 Å². The molecule has 0 atom stereocenters. The van der Waals surface area contributed by atoms with Crippen LogP contribution in [0.1, 0.15) is 17.2 Å². The predicted molar refractivity (Wildman–Crippen MR) is 65.4 cm³/mol. The third-order valence-corrected chi connectivity index (χ3v) is 2.47. The van der Waals surface area contributed by atoms with E-state index in [2.05, 4.69) is 9.97 Å². The molecule has 5 heteroatoms. The van der Waals surface area contributed by atoms with Gasteiger partial charge in [0.15, 0.2) is 0 Å². The maximum Gasteiger partial charge on any atom is 0.309 e. The number of aromatic amines is 1. The number of aliphatic carboxylic acids is 1. The van der Waals surface area contributed by atoms with Gasteiger partial charge >= 0.3 is 5.97 Å². The monoisotopic (exact) mass is 246 g/mol. The second-order valence-electron chi connectivity index (χ2n) is 3.93. The first-order chi connectivity index (χ1) is 8.65. The highest BCUT2D eigenvalue weighted by Crippen LogP contribution is 2.12. The Hall–Kier alpha value is -2.30. The number of imidazole rings is 1. The summed E-state index contributed by atoms with van der Waals surface area (Å²) in [6, 6.07) is 9.40. The van der Waals surface area contributed by atoms with Gasteiger partial charge in [0.1, 0.15) is 18.2 Å². The van der Waals surface area contributed by atoms with E-state index >= 15 is 0 Å². The van der Waals surface area contributed by atoms with E-state index in [4.69, 9.17) is 9.84 Å². The zero-order chi connectivity index (χ0) is 13.0. The van der Waals surface area contributed by atoms with Gasteiger partial charge in [-0.05, 0) is 19.1 Å². The van der Waals surface area contributed by atoms with Crippen LogP contribution in [0.3, 0.4) is 0 Å². The molecule has 2 aromatic rings. The number of aromatic nitrogens is 2. The lowest BCUT2D eigenvalue weighted by Gasteiger charge is -2.02. The van der Waals surface area contributed by atoms with Gasteiger partial charge in [0.25, 0.3) is 0 Å². The number of carboxylic acids is 1. The molecular formula is C13H14N2O3. The molecular weight excluding hydrogens is 232 g/mol. The molecule has 5 nitrogen and oxygen atoms in total. The zero-order valence-corrected chi connectivity index (χ0v) is 10.0. The standard InChI is InChI=1S/C13H14N2O3/c1-9-11(7-13(16)17)15-12(14-9)8-18-10-5-3-2-4-6-10/h2-6H,7-8H2,1H3,(H,14,15)(H,16,17). The highest BCUT2D eigenvalue weighted by Gasteiger charge is 2.10. The molecule has 18 heavy (non-hydrogen) atoms. The van der Waals surface area contributed by atoms with Gasteiger partial charge < -0.3 is 14.8 Å². The zero-order valence-electron chi connectivity index (χ0n) is 10.0. The third-order valence-electron chi connectivity index (χ3n) is 2.47. The van der Waals surface area contributed by atoms with Crippen molar-refractivity contribution in [2.75, 3.05) is 0 Å². The van der Waals surface area contributed by atoms with Crippen LogP contribution in [-0.2, 0) is 17.8 Å². The average molecular weight is 246 g/mol. The molecule has 1 heterocycles. The van der Waals surface area contributed by atoms with Crippen molar-refractivity contribution in [2.45, 2.75) is 20.0 Å². The molecule has 2 rings (SSSR count). The van der Waals surface area contributed by atoms with Crippen molar-refractivity contribution >= 4 is 5.97 Å². The predicted octanol–water partition coefficient (Wildman–Crippen LogP) is 1.92. The average Bonchev–Trinajstić information content (AvgIpc) is 2.68. The number of hydrogen-bond donors (Lipinski definition) is 2. The molecule has 0 aliphatic heterocycles. The number of para-hydroxylation sites is 1. The van der Waals surface area contributed by atoms with Crippen molar-refractivity contribution in [3.05, 3.63) is 47.5 Å². The lowest BCUT2D eigenvalue weighted by molar-refractivity contribution is -0.136. The summed E-state index contributed by atoms with van der Waals surface area (Å²) < 4.78 is 5.52. The number of benzene rings is 1. The second-order valence-corrected chi connectivity index (χ2v) is 3.93. The number of carbonyl (C=O) groups is 1.